The average molecular weight is 388 g/mol. The number of hydrogen-bond acceptors (Lipinski definition) is 7. The van der Waals surface area contributed by atoms with Gasteiger partial charge in [-0.15, -0.1) is 0 Å². The highest BCUT2D eigenvalue weighted by atomic mass is 16.4. The molecule has 0 aromatic rings. The van der Waals surface area contributed by atoms with Gasteiger partial charge in [-0.25, -0.2) is 0 Å². The standard InChI is InChI=1S/C17H32N4O6/c1-12(15(22)23)19-6-4-18-5-7-20(13(2)16(24)25)9-11-21(10-8-19)14(3)17(26)27/h12-14,18H,4-11H2,1-3H3,(H,22,23)(H,24,25)(H,26,27)/t12-,13+,14-/m0/s1. The Labute approximate surface area is 159 Å². The minimum Gasteiger partial charge on any atom is -0.480 e. The molecule has 1 fully saturated rings. The number of carboxylic acid groups (broad SMARTS) is 3. The number of carboxylic acids is 3. The minimum absolute atomic E-state index is 0.389. The first-order valence-corrected chi connectivity index (χ1v) is 9.26. The molecular formula is C17H32N4O6. The number of hydrogen-bond donors (Lipinski definition) is 4. The van der Waals surface area contributed by atoms with Crippen LogP contribution < -0.4 is 5.32 Å². The van der Waals surface area contributed by atoms with Gasteiger partial charge in [0.05, 0.1) is 0 Å². The van der Waals surface area contributed by atoms with Crippen molar-refractivity contribution in [1.29, 1.82) is 0 Å². The van der Waals surface area contributed by atoms with Crippen LogP contribution in [0.1, 0.15) is 20.8 Å². The molecule has 1 rings (SSSR count). The number of aliphatic carboxylic acids is 3. The molecule has 10 nitrogen and oxygen atoms in total. The summed E-state index contributed by atoms with van der Waals surface area (Å²) in [5.41, 5.74) is 0. The Balaban J connectivity index is 2.93. The van der Waals surface area contributed by atoms with Crippen LogP contribution in [0.25, 0.3) is 0 Å². The lowest BCUT2D eigenvalue weighted by atomic mass is 10.2. The van der Waals surface area contributed by atoms with E-state index in [0.29, 0.717) is 52.4 Å². The average Bonchev–Trinajstić information content (AvgIpc) is 2.60. The molecule has 3 atom stereocenters. The lowest BCUT2D eigenvalue weighted by molar-refractivity contribution is -0.145. The van der Waals surface area contributed by atoms with Crippen LogP contribution >= 0.6 is 0 Å². The van der Waals surface area contributed by atoms with Crippen LogP contribution in [-0.2, 0) is 14.4 Å². The number of rotatable bonds is 6. The van der Waals surface area contributed by atoms with Crippen molar-refractivity contribution in [2.75, 3.05) is 52.4 Å². The van der Waals surface area contributed by atoms with Crippen molar-refractivity contribution in [2.24, 2.45) is 0 Å². The summed E-state index contributed by atoms with van der Waals surface area (Å²) in [6.45, 7) is 8.61. The van der Waals surface area contributed by atoms with Crippen LogP contribution in [0.3, 0.4) is 0 Å². The maximum atomic E-state index is 11.5. The molecular weight excluding hydrogens is 356 g/mol. The van der Waals surface area contributed by atoms with Crippen LogP contribution in [0.15, 0.2) is 0 Å². The summed E-state index contributed by atoms with van der Waals surface area (Å²) in [6, 6.07) is -2.07. The first kappa shape index (κ1) is 23.3. The predicted molar refractivity (Wildman–Crippen MR) is 98.9 cm³/mol. The quantitative estimate of drug-likeness (QED) is 0.445. The fourth-order valence-electron chi connectivity index (χ4n) is 3.05. The van der Waals surface area contributed by atoms with Crippen LogP contribution in [0.2, 0.25) is 0 Å². The zero-order valence-electron chi connectivity index (χ0n) is 16.3. The minimum atomic E-state index is -0.959. The molecule has 27 heavy (non-hydrogen) atoms. The molecule has 0 spiro atoms. The molecule has 1 heterocycles. The second-order valence-electron chi connectivity index (χ2n) is 6.90. The Morgan fingerprint density at radius 2 is 0.889 bits per heavy atom. The molecule has 4 N–H and O–H groups in total. The van der Waals surface area contributed by atoms with Gasteiger partial charge in [0.15, 0.2) is 0 Å². The second-order valence-corrected chi connectivity index (χ2v) is 6.90. The maximum absolute atomic E-state index is 11.5. The summed E-state index contributed by atoms with van der Waals surface area (Å²) < 4.78 is 0. The van der Waals surface area contributed by atoms with Crippen LogP contribution in [0.4, 0.5) is 0 Å². The number of nitrogens with zero attached hydrogens (tertiary/aromatic N) is 3. The van der Waals surface area contributed by atoms with Crippen molar-refractivity contribution >= 4 is 17.9 Å². The van der Waals surface area contributed by atoms with E-state index in [1.165, 1.54) is 0 Å². The lowest BCUT2D eigenvalue weighted by Crippen LogP contribution is -2.53. The molecule has 0 unspecified atom stereocenters. The Kier molecular flexibility index (Phi) is 9.64. The van der Waals surface area contributed by atoms with Crippen LogP contribution in [0, 0.1) is 0 Å². The van der Waals surface area contributed by atoms with E-state index in [4.69, 9.17) is 0 Å². The van der Waals surface area contributed by atoms with Crippen molar-refractivity contribution in [3.05, 3.63) is 0 Å². The second kappa shape index (κ2) is 11.2. The van der Waals surface area contributed by atoms with Gasteiger partial charge in [-0.1, -0.05) is 0 Å². The largest absolute Gasteiger partial charge is 0.480 e. The fraction of sp³-hybridized carbons (Fsp3) is 0.824. The van der Waals surface area contributed by atoms with Gasteiger partial charge in [0.2, 0.25) is 0 Å². The molecule has 1 aliphatic rings. The first-order valence-electron chi connectivity index (χ1n) is 9.26. The van der Waals surface area contributed by atoms with E-state index in [1.54, 1.807) is 25.7 Å². The van der Waals surface area contributed by atoms with Gasteiger partial charge in [0.25, 0.3) is 0 Å². The normalized spacial score (nSPS) is 22.8. The third kappa shape index (κ3) is 7.41. The van der Waals surface area contributed by atoms with Gasteiger partial charge in [-0.3, -0.25) is 29.1 Å². The monoisotopic (exact) mass is 388 g/mol. The van der Waals surface area contributed by atoms with Crippen molar-refractivity contribution in [2.45, 2.75) is 38.9 Å². The highest BCUT2D eigenvalue weighted by Gasteiger charge is 2.27. The topological polar surface area (TPSA) is 134 Å². The zero-order valence-corrected chi connectivity index (χ0v) is 16.3. The Morgan fingerprint density at radius 1 is 0.630 bits per heavy atom. The summed E-state index contributed by atoms with van der Waals surface area (Å²) in [6.07, 6.45) is 0. The number of nitrogens with one attached hydrogen (secondary N) is 1. The molecule has 0 aromatic carbocycles. The number of carbonyl (C=O) groups is 3. The van der Waals surface area contributed by atoms with Crippen molar-refractivity contribution in [3.8, 4) is 0 Å². The van der Waals surface area contributed by atoms with Gasteiger partial charge in [-0.2, -0.15) is 0 Å². The highest BCUT2D eigenvalue weighted by Crippen LogP contribution is 2.07. The van der Waals surface area contributed by atoms with E-state index in [1.807, 2.05) is 9.80 Å². The zero-order chi connectivity index (χ0) is 20.6. The molecule has 0 radical (unpaired) electrons. The predicted octanol–water partition coefficient (Wildman–Crippen LogP) is -1.09. The van der Waals surface area contributed by atoms with E-state index >= 15 is 0 Å². The summed E-state index contributed by atoms with van der Waals surface area (Å²) in [5.74, 6) is -2.79. The Morgan fingerprint density at radius 3 is 1.15 bits per heavy atom. The van der Waals surface area contributed by atoms with E-state index in [0.717, 1.165) is 0 Å². The van der Waals surface area contributed by atoms with E-state index in [2.05, 4.69) is 5.32 Å². The molecule has 0 aliphatic carbocycles. The van der Waals surface area contributed by atoms with Crippen molar-refractivity contribution in [3.63, 3.8) is 0 Å². The van der Waals surface area contributed by atoms with Gasteiger partial charge in [0.1, 0.15) is 18.1 Å². The maximum Gasteiger partial charge on any atom is 0.320 e. The summed E-state index contributed by atoms with van der Waals surface area (Å²) in [7, 11) is 0. The smallest absolute Gasteiger partial charge is 0.320 e. The summed E-state index contributed by atoms with van der Waals surface area (Å²) in [4.78, 5) is 39.5. The van der Waals surface area contributed by atoms with Crippen molar-refractivity contribution < 1.29 is 29.7 Å². The lowest BCUT2D eigenvalue weighted by Gasteiger charge is -2.35. The molecule has 0 amide bonds. The molecule has 1 saturated heterocycles. The molecule has 0 saturated carbocycles. The van der Waals surface area contributed by atoms with E-state index in [9.17, 15) is 29.7 Å². The fourth-order valence-corrected chi connectivity index (χ4v) is 3.05. The van der Waals surface area contributed by atoms with E-state index in [-0.39, 0.29) is 0 Å². The molecule has 0 aromatic heterocycles. The first-order chi connectivity index (χ1) is 12.6. The van der Waals surface area contributed by atoms with Crippen LogP contribution in [0.5, 0.6) is 0 Å². The van der Waals surface area contributed by atoms with Gasteiger partial charge in [-0.05, 0) is 20.8 Å². The highest BCUT2D eigenvalue weighted by molar-refractivity contribution is 5.73. The molecule has 1 aliphatic heterocycles. The molecule has 0 bridgehead atoms. The Hall–Kier alpha value is -1.75. The Bertz CT molecular complexity index is 484. The van der Waals surface area contributed by atoms with Gasteiger partial charge < -0.3 is 20.6 Å². The third-order valence-corrected chi connectivity index (χ3v) is 5.22. The van der Waals surface area contributed by atoms with Gasteiger partial charge in [0, 0.05) is 52.4 Å². The summed E-state index contributed by atoms with van der Waals surface area (Å²) in [5, 5.41) is 31.2. The third-order valence-electron chi connectivity index (χ3n) is 5.22. The summed E-state index contributed by atoms with van der Waals surface area (Å²) >= 11 is 0. The van der Waals surface area contributed by atoms with Crippen molar-refractivity contribution in [1.82, 2.24) is 20.0 Å². The SMILES string of the molecule is C[C@H](C(=O)O)N1CCNCCN([C@@H](C)C(=O)O)CCN([C@@H](C)C(=O)O)CC1. The van der Waals surface area contributed by atoms with E-state index < -0.39 is 36.0 Å². The van der Waals surface area contributed by atoms with Gasteiger partial charge >= 0.3 is 17.9 Å². The molecule has 10 heteroatoms. The van der Waals surface area contributed by atoms with Crippen LogP contribution in [-0.4, -0.2) is 118 Å². The molecule has 156 valence electrons.